The average molecular weight is 160 g/mol. The van der Waals surface area contributed by atoms with Crippen LogP contribution in [0.15, 0.2) is 4.79 Å². The van der Waals surface area contributed by atoms with Crippen molar-refractivity contribution in [3.63, 3.8) is 0 Å². The Kier molecular flexibility index (Phi) is 1.30. The summed E-state index contributed by atoms with van der Waals surface area (Å²) in [4.78, 5) is 13.9. The molecule has 0 spiro atoms. The Morgan fingerprint density at radius 1 is 1.55 bits per heavy atom. The van der Waals surface area contributed by atoms with E-state index in [0.717, 1.165) is 0 Å². The van der Waals surface area contributed by atoms with Gasteiger partial charge in [-0.25, -0.2) is 4.79 Å². The van der Waals surface area contributed by atoms with Crippen molar-refractivity contribution in [3.8, 4) is 0 Å². The van der Waals surface area contributed by atoms with Crippen molar-refractivity contribution in [2.75, 3.05) is 11.5 Å². The summed E-state index contributed by atoms with van der Waals surface area (Å²) in [5.41, 5.74) is 8.80. The SMILES string of the molecule is Nc1nc(N)[n+](O)c(=O)n1O. The zero-order chi connectivity index (χ0) is 8.59. The zero-order valence-electron chi connectivity index (χ0n) is 5.30. The Labute approximate surface area is 59.8 Å². The van der Waals surface area contributed by atoms with Crippen molar-refractivity contribution < 1.29 is 15.1 Å². The fourth-order valence-electron chi connectivity index (χ4n) is 0.498. The van der Waals surface area contributed by atoms with Crippen LogP contribution in [0.2, 0.25) is 0 Å². The van der Waals surface area contributed by atoms with Crippen LogP contribution in [-0.2, 0) is 0 Å². The number of aromatic nitrogens is 3. The zero-order valence-corrected chi connectivity index (χ0v) is 5.30. The molecule has 1 aromatic heterocycles. The van der Waals surface area contributed by atoms with Gasteiger partial charge in [0.2, 0.25) is 0 Å². The van der Waals surface area contributed by atoms with E-state index in [1.54, 1.807) is 0 Å². The lowest BCUT2D eigenvalue weighted by molar-refractivity contribution is -0.909. The summed E-state index contributed by atoms with van der Waals surface area (Å²) in [5, 5.41) is 17.4. The van der Waals surface area contributed by atoms with E-state index in [1.165, 1.54) is 0 Å². The maximum absolute atomic E-state index is 10.6. The molecule has 0 saturated heterocycles. The van der Waals surface area contributed by atoms with E-state index in [2.05, 4.69) is 4.98 Å². The second kappa shape index (κ2) is 2.01. The standard InChI is InChI=1S/C3H5N5O3/c4-1-6-2(5)8(11)3(9)7(1)10/h10-11H,(H3,4,5,6)/p+1. The van der Waals surface area contributed by atoms with Crippen LogP contribution in [0.5, 0.6) is 0 Å². The number of hydrogen-bond donors (Lipinski definition) is 4. The number of nitrogens with zero attached hydrogens (tertiary/aromatic N) is 3. The van der Waals surface area contributed by atoms with Gasteiger partial charge in [-0.1, -0.05) is 4.98 Å². The van der Waals surface area contributed by atoms with Gasteiger partial charge in [-0.3, -0.25) is 0 Å². The molecule has 0 aliphatic rings. The topological polar surface area (TPSA) is 131 Å². The molecule has 0 aromatic carbocycles. The van der Waals surface area contributed by atoms with E-state index in [9.17, 15) is 4.79 Å². The Balaban J connectivity index is 3.59. The third-order valence-electron chi connectivity index (χ3n) is 1.03. The fourth-order valence-corrected chi connectivity index (χ4v) is 0.498. The predicted octanol–water partition coefficient (Wildman–Crippen LogP) is -2.83. The normalized spacial score (nSPS) is 9.82. The van der Waals surface area contributed by atoms with Crippen LogP contribution in [0.25, 0.3) is 0 Å². The highest BCUT2D eigenvalue weighted by Crippen LogP contribution is 1.87. The fraction of sp³-hybridized carbons (Fsp3) is 0. The summed E-state index contributed by atoms with van der Waals surface area (Å²) in [6.07, 6.45) is 0. The summed E-state index contributed by atoms with van der Waals surface area (Å²) in [5.74, 6) is -0.976. The van der Waals surface area contributed by atoms with E-state index in [-0.39, 0.29) is 9.46 Å². The second-order valence-electron chi connectivity index (χ2n) is 1.73. The van der Waals surface area contributed by atoms with Crippen LogP contribution >= 0.6 is 0 Å². The molecule has 8 nitrogen and oxygen atoms in total. The molecule has 0 unspecified atom stereocenters. The highest BCUT2D eigenvalue weighted by Gasteiger charge is 2.16. The van der Waals surface area contributed by atoms with Crippen molar-refractivity contribution >= 4 is 11.9 Å². The minimum Gasteiger partial charge on any atom is -0.381 e. The number of nitrogens with two attached hydrogens (primary N) is 2. The molecule has 0 aliphatic carbocycles. The molecule has 1 aromatic rings. The van der Waals surface area contributed by atoms with Crippen molar-refractivity contribution in [1.82, 2.24) is 9.71 Å². The highest BCUT2D eigenvalue weighted by molar-refractivity contribution is 5.19. The maximum atomic E-state index is 10.6. The van der Waals surface area contributed by atoms with Crippen LogP contribution in [0.1, 0.15) is 0 Å². The summed E-state index contributed by atoms with van der Waals surface area (Å²) in [6.45, 7) is 0. The van der Waals surface area contributed by atoms with Gasteiger partial charge in [0, 0.05) is 0 Å². The molecule has 8 heteroatoms. The van der Waals surface area contributed by atoms with Crippen LogP contribution < -0.4 is 21.9 Å². The Morgan fingerprint density at radius 2 is 2.09 bits per heavy atom. The predicted molar refractivity (Wildman–Crippen MR) is 31.9 cm³/mol. The van der Waals surface area contributed by atoms with E-state index in [1.807, 2.05) is 0 Å². The summed E-state index contributed by atoms with van der Waals surface area (Å²) in [6, 6.07) is 0. The summed E-state index contributed by atoms with van der Waals surface area (Å²) in [7, 11) is 0. The van der Waals surface area contributed by atoms with Crippen molar-refractivity contribution in [2.45, 2.75) is 0 Å². The third kappa shape index (κ3) is 0.892. The Bertz CT molecular complexity index is 314. The van der Waals surface area contributed by atoms with Gasteiger partial charge in [0.25, 0.3) is 0 Å². The molecule has 0 aliphatic heterocycles. The molecule has 1 rings (SSSR count). The lowest BCUT2D eigenvalue weighted by Crippen LogP contribution is -2.55. The molecule has 0 bridgehead atoms. The van der Waals surface area contributed by atoms with Crippen molar-refractivity contribution in [1.29, 1.82) is 0 Å². The van der Waals surface area contributed by atoms with E-state index in [0.29, 0.717) is 0 Å². The number of hydrogen-bond acceptors (Lipinski definition) is 6. The van der Waals surface area contributed by atoms with E-state index in [4.69, 9.17) is 21.9 Å². The first-order valence-electron chi connectivity index (χ1n) is 2.52. The van der Waals surface area contributed by atoms with Crippen molar-refractivity contribution in [2.24, 2.45) is 0 Å². The molecular formula is C3H6N5O3+. The highest BCUT2D eigenvalue weighted by atomic mass is 16.5. The molecule has 0 atom stereocenters. The lowest BCUT2D eigenvalue weighted by Gasteiger charge is -1.94. The van der Waals surface area contributed by atoms with Gasteiger partial charge < -0.3 is 21.9 Å². The second-order valence-corrected chi connectivity index (χ2v) is 1.73. The number of nitrogen functional groups attached to an aromatic ring is 2. The smallest absolute Gasteiger partial charge is 0.381 e. The van der Waals surface area contributed by atoms with Gasteiger partial charge in [0.05, 0.1) is 0 Å². The van der Waals surface area contributed by atoms with Crippen LogP contribution in [0.4, 0.5) is 11.9 Å². The molecular weight excluding hydrogens is 154 g/mol. The third-order valence-corrected chi connectivity index (χ3v) is 1.03. The summed E-state index contributed by atoms with van der Waals surface area (Å²) < 4.78 is -0.0628. The molecule has 11 heavy (non-hydrogen) atoms. The average Bonchev–Trinajstić information content (AvgIpc) is 1.97. The summed E-state index contributed by atoms with van der Waals surface area (Å²) >= 11 is 0. The minimum absolute atomic E-state index is 0.0314. The maximum Gasteiger partial charge on any atom is 0.491 e. The Hall–Kier alpha value is -1.99. The van der Waals surface area contributed by atoms with Crippen LogP contribution in [-0.4, -0.2) is 20.1 Å². The molecule has 0 radical (unpaired) electrons. The van der Waals surface area contributed by atoms with E-state index < -0.39 is 17.6 Å². The van der Waals surface area contributed by atoms with Gasteiger partial charge in [-0.05, 0) is 9.46 Å². The number of rotatable bonds is 0. The molecule has 60 valence electrons. The largest absolute Gasteiger partial charge is 0.491 e. The van der Waals surface area contributed by atoms with Crippen molar-refractivity contribution in [3.05, 3.63) is 10.5 Å². The first-order valence-corrected chi connectivity index (χ1v) is 2.52. The van der Waals surface area contributed by atoms with Crippen LogP contribution in [0, 0.1) is 0 Å². The number of anilines is 2. The lowest BCUT2D eigenvalue weighted by atomic mass is 10.9. The van der Waals surface area contributed by atoms with Gasteiger partial charge in [0.1, 0.15) is 0 Å². The molecule has 6 N–H and O–H groups in total. The molecule has 1 heterocycles. The van der Waals surface area contributed by atoms with Gasteiger partial charge in [-0.15, -0.1) is 0 Å². The van der Waals surface area contributed by atoms with Crippen LogP contribution in [0.3, 0.4) is 0 Å². The first-order chi connectivity index (χ1) is 5.04. The monoisotopic (exact) mass is 160 g/mol. The first kappa shape index (κ1) is 7.12. The minimum atomic E-state index is -1.17. The van der Waals surface area contributed by atoms with Gasteiger partial charge >= 0.3 is 17.6 Å². The molecule has 0 saturated carbocycles. The molecule has 0 fully saturated rings. The van der Waals surface area contributed by atoms with E-state index >= 15 is 0 Å². The molecule has 0 amide bonds. The Morgan fingerprint density at radius 3 is 2.64 bits per heavy atom. The van der Waals surface area contributed by atoms with Gasteiger partial charge in [-0.2, -0.15) is 0 Å². The van der Waals surface area contributed by atoms with Gasteiger partial charge in [0.15, 0.2) is 0 Å². The quantitative estimate of drug-likeness (QED) is 0.239.